The van der Waals surface area contributed by atoms with Crippen LogP contribution in [0.2, 0.25) is 25.7 Å². The molecule has 0 aliphatic heterocycles. The minimum atomic E-state index is -1.19. The van der Waals surface area contributed by atoms with Crippen LogP contribution in [-0.4, -0.2) is 29.4 Å². The van der Waals surface area contributed by atoms with Gasteiger partial charge in [-0.05, 0) is 34.1 Å². The molecule has 0 radical (unpaired) electrons. The highest BCUT2D eigenvalue weighted by molar-refractivity contribution is 9.10. The lowest BCUT2D eigenvalue weighted by molar-refractivity contribution is 0.0816. The van der Waals surface area contributed by atoms with Crippen molar-refractivity contribution in [1.29, 1.82) is 0 Å². The highest BCUT2D eigenvalue weighted by atomic mass is 79.9. The van der Waals surface area contributed by atoms with Crippen molar-refractivity contribution in [2.24, 2.45) is 0 Å². The molecule has 0 aliphatic carbocycles. The number of pyridine rings is 1. The standard InChI is InChI=1S/C22H22BrF2N3OSi/c1-30(2,3)12-11-29-13-28-21-15-8-5-4-7-14(15)19(26-20(21)22(23)27-28)18-16(24)9-6-10-17(18)25/h4-10H,11-13H2,1-3H3. The molecule has 0 atom stereocenters. The molecule has 2 aromatic carbocycles. The lowest BCUT2D eigenvalue weighted by Gasteiger charge is -2.15. The predicted octanol–water partition coefficient (Wildman–Crippen LogP) is 6.60. The van der Waals surface area contributed by atoms with Gasteiger partial charge in [-0.25, -0.2) is 18.4 Å². The highest BCUT2D eigenvalue weighted by Crippen LogP contribution is 2.36. The first-order chi connectivity index (χ1) is 14.3. The van der Waals surface area contributed by atoms with Crippen LogP contribution in [0, 0.1) is 11.6 Å². The summed E-state index contributed by atoms with van der Waals surface area (Å²) in [6, 6.07) is 12.3. The van der Waals surface area contributed by atoms with E-state index in [1.54, 1.807) is 4.68 Å². The van der Waals surface area contributed by atoms with E-state index in [-0.39, 0.29) is 18.0 Å². The van der Waals surface area contributed by atoms with Crippen LogP contribution in [0.4, 0.5) is 8.78 Å². The van der Waals surface area contributed by atoms with Gasteiger partial charge in [-0.1, -0.05) is 50.0 Å². The first-order valence-electron chi connectivity index (χ1n) is 9.73. The van der Waals surface area contributed by atoms with Gasteiger partial charge in [-0.2, -0.15) is 5.10 Å². The first kappa shape index (κ1) is 21.1. The van der Waals surface area contributed by atoms with Gasteiger partial charge < -0.3 is 4.74 Å². The summed E-state index contributed by atoms with van der Waals surface area (Å²) in [6.45, 7) is 7.86. The zero-order chi connectivity index (χ0) is 21.5. The zero-order valence-corrected chi connectivity index (χ0v) is 19.6. The van der Waals surface area contributed by atoms with Crippen molar-refractivity contribution in [3.63, 3.8) is 0 Å². The Hall–Kier alpha value is -2.16. The van der Waals surface area contributed by atoms with Gasteiger partial charge in [0.1, 0.15) is 23.9 Å². The van der Waals surface area contributed by atoms with E-state index in [0.29, 0.717) is 22.1 Å². The Morgan fingerprint density at radius 2 is 1.67 bits per heavy atom. The lowest BCUT2D eigenvalue weighted by Crippen LogP contribution is -2.22. The third-order valence-electron chi connectivity index (χ3n) is 4.96. The molecule has 0 saturated carbocycles. The summed E-state index contributed by atoms with van der Waals surface area (Å²) >= 11 is 3.46. The summed E-state index contributed by atoms with van der Waals surface area (Å²) in [5, 5.41) is 5.99. The quantitative estimate of drug-likeness (QED) is 0.226. The van der Waals surface area contributed by atoms with Gasteiger partial charge >= 0.3 is 0 Å². The van der Waals surface area contributed by atoms with E-state index >= 15 is 0 Å². The minimum Gasteiger partial charge on any atom is -0.360 e. The van der Waals surface area contributed by atoms with Crippen molar-refractivity contribution in [2.45, 2.75) is 32.4 Å². The third kappa shape index (κ3) is 4.04. The minimum absolute atomic E-state index is 0.137. The Kier molecular flexibility index (Phi) is 5.74. The van der Waals surface area contributed by atoms with E-state index in [1.807, 2.05) is 24.3 Å². The SMILES string of the molecule is C[Si](C)(C)CCOCn1nc(Br)c2nc(-c3c(F)cccc3F)c3ccccc3c21. The average molecular weight is 490 g/mol. The number of aromatic nitrogens is 3. The summed E-state index contributed by atoms with van der Waals surface area (Å²) in [4.78, 5) is 4.62. The number of hydrogen-bond donors (Lipinski definition) is 0. The molecule has 0 fully saturated rings. The van der Waals surface area contributed by atoms with Crippen LogP contribution in [0.1, 0.15) is 0 Å². The maximum atomic E-state index is 14.5. The lowest BCUT2D eigenvalue weighted by atomic mass is 10.0. The van der Waals surface area contributed by atoms with Gasteiger partial charge in [0.15, 0.2) is 4.60 Å². The van der Waals surface area contributed by atoms with Crippen molar-refractivity contribution in [3.8, 4) is 11.3 Å². The number of ether oxygens (including phenoxy) is 1. The smallest absolute Gasteiger partial charge is 0.154 e. The number of halogens is 3. The second-order valence-corrected chi connectivity index (χ2v) is 14.8. The molecule has 0 N–H and O–H groups in total. The van der Waals surface area contributed by atoms with Gasteiger partial charge in [0.05, 0.1) is 16.8 Å². The topological polar surface area (TPSA) is 39.9 Å². The summed E-state index contributed by atoms with van der Waals surface area (Å²) in [5.41, 5.74) is 1.43. The molecule has 0 spiro atoms. The van der Waals surface area contributed by atoms with Crippen molar-refractivity contribution in [3.05, 3.63) is 58.7 Å². The molecule has 4 nitrogen and oxygen atoms in total. The Morgan fingerprint density at radius 3 is 2.33 bits per heavy atom. The third-order valence-corrected chi connectivity index (χ3v) is 7.20. The van der Waals surface area contributed by atoms with Gasteiger partial charge in [0.2, 0.25) is 0 Å². The average Bonchev–Trinajstić information content (AvgIpc) is 3.00. The molecule has 156 valence electrons. The van der Waals surface area contributed by atoms with Crippen LogP contribution in [0.5, 0.6) is 0 Å². The zero-order valence-electron chi connectivity index (χ0n) is 17.0. The Morgan fingerprint density at radius 1 is 1.00 bits per heavy atom. The number of fused-ring (bicyclic) bond motifs is 3. The van der Waals surface area contributed by atoms with E-state index in [1.165, 1.54) is 18.2 Å². The van der Waals surface area contributed by atoms with Crippen molar-refractivity contribution in [1.82, 2.24) is 14.8 Å². The molecule has 0 aliphatic rings. The summed E-state index contributed by atoms with van der Waals surface area (Å²) in [7, 11) is -1.19. The molecular formula is C22H22BrF2N3OSi. The summed E-state index contributed by atoms with van der Waals surface area (Å²) < 4.78 is 37.2. The van der Waals surface area contributed by atoms with Gasteiger partial charge in [0, 0.05) is 25.5 Å². The monoisotopic (exact) mass is 489 g/mol. The summed E-state index contributed by atoms with van der Waals surface area (Å²) in [6.07, 6.45) is 0. The molecule has 0 amide bonds. The second-order valence-electron chi connectivity index (χ2n) is 8.44. The molecule has 0 unspecified atom stereocenters. The molecule has 0 bridgehead atoms. The Balaban J connectivity index is 1.85. The van der Waals surface area contributed by atoms with Crippen LogP contribution < -0.4 is 0 Å². The van der Waals surface area contributed by atoms with E-state index in [2.05, 4.69) is 45.7 Å². The molecule has 8 heteroatoms. The van der Waals surface area contributed by atoms with Crippen molar-refractivity contribution < 1.29 is 13.5 Å². The maximum absolute atomic E-state index is 14.5. The van der Waals surface area contributed by atoms with Crippen LogP contribution >= 0.6 is 15.9 Å². The fourth-order valence-electron chi connectivity index (χ4n) is 3.39. The molecule has 2 aromatic heterocycles. The number of hydrogen-bond acceptors (Lipinski definition) is 3. The van der Waals surface area contributed by atoms with Gasteiger partial charge in [0.25, 0.3) is 0 Å². The highest BCUT2D eigenvalue weighted by Gasteiger charge is 2.21. The van der Waals surface area contributed by atoms with Crippen LogP contribution in [0.3, 0.4) is 0 Å². The van der Waals surface area contributed by atoms with Crippen LogP contribution in [0.15, 0.2) is 47.1 Å². The maximum Gasteiger partial charge on any atom is 0.154 e. The van der Waals surface area contributed by atoms with Crippen molar-refractivity contribution >= 4 is 45.8 Å². The Labute approximate surface area is 183 Å². The van der Waals surface area contributed by atoms with Crippen LogP contribution in [0.25, 0.3) is 33.1 Å². The summed E-state index contributed by atoms with van der Waals surface area (Å²) in [5.74, 6) is -1.30. The second kappa shape index (κ2) is 8.17. The predicted molar refractivity (Wildman–Crippen MR) is 122 cm³/mol. The number of benzene rings is 2. The Bertz CT molecular complexity index is 1220. The van der Waals surface area contributed by atoms with E-state index in [9.17, 15) is 8.78 Å². The van der Waals surface area contributed by atoms with E-state index in [0.717, 1.165) is 16.9 Å². The molecule has 0 saturated heterocycles. The first-order valence-corrected chi connectivity index (χ1v) is 14.2. The molecule has 4 rings (SSSR count). The van der Waals surface area contributed by atoms with Crippen molar-refractivity contribution in [2.75, 3.05) is 6.61 Å². The van der Waals surface area contributed by atoms with E-state index in [4.69, 9.17) is 4.74 Å². The van der Waals surface area contributed by atoms with Gasteiger partial charge in [-0.15, -0.1) is 0 Å². The molecular weight excluding hydrogens is 468 g/mol. The fourth-order valence-corrected chi connectivity index (χ4v) is 4.62. The van der Waals surface area contributed by atoms with Gasteiger partial charge in [-0.3, -0.25) is 0 Å². The molecule has 2 heterocycles. The largest absolute Gasteiger partial charge is 0.360 e. The normalized spacial score (nSPS) is 12.2. The number of nitrogens with zero attached hydrogens (tertiary/aromatic N) is 3. The van der Waals surface area contributed by atoms with E-state index < -0.39 is 19.7 Å². The molecule has 4 aromatic rings. The van der Waals surface area contributed by atoms with Crippen LogP contribution in [-0.2, 0) is 11.5 Å². The number of rotatable bonds is 6. The molecule has 30 heavy (non-hydrogen) atoms. The fraction of sp³-hybridized carbons (Fsp3) is 0.273.